The minimum absolute atomic E-state index is 0. The number of aromatic amines is 2. The van der Waals surface area contributed by atoms with Crippen LogP contribution in [0.3, 0.4) is 0 Å². The van der Waals surface area contributed by atoms with Crippen molar-refractivity contribution in [2.75, 3.05) is 33.0 Å². The standard InChI is InChI=1S/C35H57N5O15P2Si2.C20H30N5O6PSi.C18H30NO9PSi.3CH4.S13/c1-21-25(51-32(29(21)54-59(11,12)35(6,7)8)39-20-38-27-30(39)36-19-37-31(27)41)17-48-56(44,45)55-57(46,47)49-18-26-28(53-58(9,10)34(3,4)5)22(2)33(52-26)50-24-15-13-23(14-16-24)40(42)43;1-13-14(10-29-32(27)28-9-7-8-21)30-19(16(13)31-33(5,6)20(2,3)4)25-12-24-15-17(25)22-11-23-18(15)26;1-12-16(28-30(5,6)18(2,3)4)15(11-25-29(22,23)24)27-17(12)26-14-9-7-13(8-10-14)19(20)21;;;;1-3-5-7-9-11-13-12-10-8-6-4-2/h13-16,19-22,25-26,28-29,32-33H,17-18H2,1-12H3,(H,44,45)(H,46,47)(H,36,37,41);11-14,16,19H,7,9-10H2,1-6H3;7-10,12,15-17H,11H2,1-6H3,(H2,22,23,24);3*1H4;/t21-,22-,25?,26?,28+,29-,32-,33?;13-,14-,16-,19-;12-,15?,16+,17?;;;;/m111..../s1. The molecule has 41 nitrogen and oxygen atoms in total. The Bertz CT molecular complexity index is 5930. The summed E-state index contributed by atoms with van der Waals surface area (Å²) in [5.41, 5.74) is -0.0299. The fraction of sp³-hybridized carbons (Fsp3) is 0.697. The lowest BCUT2D eigenvalue weighted by Crippen LogP contribution is -2.48. The van der Waals surface area contributed by atoms with Crippen LogP contribution in [0.2, 0.25) is 72.5 Å². The number of nitrogens with one attached hydrogen (secondary N) is 2. The van der Waals surface area contributed by atoms with E-state index < -0.39 is 180 Å². The van der Waals surface area contributed by atoms with Gasteiger partial charge >= 0.3 is 23.9 Å². The van der Waals surface area contributed by atoms with Gasteiger partial charge in [0, 0.05) is 173 Å². The van der Waals surface area contributed by atoms with Gasteiger partial charge in [0.1, 0.15) is 36.9 Å². The zero-order chi connectivity index (χ0) is 101. The Morgan fingerprint density at radius 2 is 0.819 bits per heavy atom. The van der Waals surface area contributed by atoms with E-state index in [-0.39, 0.29) is 119 Å². The molecule has 2 aromatic carbocycles. The molecular weight excluding hydrogens is 2200 g/mol. The Kier molecular flexibility index (Phi) is 50.4. The topological polar surface area (TPSA) is 537 Å². The molecule has 10 rings (SSSR count). The largest absolute Gasteiger partial charge is 0.756 e. The number of H-pyrrole nitrogens is 2. The first-order valence-electron chi connectivity index (χ1n) is 41.5. The van der Waals surface area contributed by atoms with Crippen molar-refractivity contribution in [2.24, 2.45) is 23.7 Å². The first kappa shape index (κ1) is 127. The number of nitro groups is 2. The summed E-state index contributed by atoms with van der Waals surface area (Å²) in [6.45, 7) is 47.7. The predicted molar refractivity (Wildman–Crippen MR) is 568 cm³/mol. The number of fused-ring (bicyclic) bond motifs is 2. The summed E-state index contributed by atoms with van der Waals surface area (Å²) in [4.78, 5) is 109. The van der Waals surface area contributed by atoms with E-state index in [2.05, 4.69) is 136 Å². The predicted octanol–water partition coefficient (Wildman–Crippen LogP) is 15.8. The Balaban J connectivity index is 0.000000427. The van der Waals surface area contributed by atoms with E-state index in [0.717, 1.165) is 0 Å². The van der Waals surface area contributed by atoms with Gasteiger partial charge in [0.25, 0.3) is 30.3 Å². The Labute approximate surface area is 851 Å². The third-order valence-electron chi connectivity index (χ3n) is 23.9. The number of phosphoric ester groups is 3. The van der Waals surface area contributed by atoms with Crippen molar-refractivity contribution in [3.05, 3.63) is 115 Å². The summed E-state index contributed by atoms with van der Waals surface area (Å²) in [5, 5.41) is 30.0. The average molecular weight is 2330 g/mol. The van der Waals surface area contributed by atoms with Crippen molar-refractivity contribution >= 4 is 219 Å². The second kappa shape index (κ2) is 54.7. The molecule has 5 N–H and O–H groups in total. The number of nitrogens with zero attached hydrogens (tertiary/aromatic N) is 9. The number of hydrogen-bond acceptors (Lipinski definition) is 34. The molecule has 9 unspecified atom stereocenters. The van der Waals surface area contributed by atoms with Gasteiger partial charge in [-0.1, -0.05) is 133 Å². The molecule has 4 aliphatic rings. The van der Waals surface area contributed by atoms with E-state index >= 15 is 0 Å². The third-order valence-corrected chi connectivity index (χ3v) is 67.9. The van der Waals surface area contributed by atoms with Gasteiger partial charge in [0.05, 0.1) is 104 Å². The zero-order valence-corrected chi connectivity index (χ0v) is 96.6. The summed E-state index contributed by atoms with van der Waals surface area (Å²) < 4.78 is 146. The molecule has 138 heavy (non-hydrogen) atoms. The number of phosphoric acid groups is 3. The van der Waals surface area contributed by atoms with Gasteiger partial charge in [-0.2, -0.15) is 9.57 Å². The van der Waals surface area contributed by atoms with Crippen LogP contribution in [0.15, 0.2) is 83.4 Å². The van der Waals surface area contributed by atoms with Crippen LogP contribution in [0.4, 0.5) is 11.4 Å². The van der Waals surface area contributed by atoms with Gasteiger partial charge in [-0.3, -0.25) is 52.6 Å². The van der Waals surface area contributed by atoms with Crippen molar-refractivity contribution < 1.29 is 121 Å². The molecule has 0 amide bonds. The molecule has 0 saturated carbocycles. The third kappa shape index (κ3) is 36.7. The zero-order valence-electron chi connectivity index (χ0n) is 78.4. The highest BCUT2D eigenvalue weighted by atomic mass is 33.5. The van der Waals surface area contributed by atoms with Crippen molar-refractivity contribution in [2.45, 2.75) is 286 Å². The van der Waals surface area contributed by atoms with Gasteiger partial charge in [-0.15, -0.1) is 9.05 Å². The molecule has 0 spiro atoms. The molecule has 8 heterocycles. The molecule has 0 bridgehead atoms. The second-order valence-electron chi connectivity index (χ2n) is 37.3. The van der Waals surface area contributed by atoms with Crippen LogP contribution < -0.4 is 25.5 Å². The van der Waals surface area contributed by atoms with Crippen LogP contribution in [0.1, 0.15) is 152 Å². The molecule has 62 heteroatoms. The fourth-order valence-electron chi connectivity index (χ4n) is 12.4. The van der Waals surface area contributed by atoms with Crippen LogP contribution in [0, 0.1) is 55.2 Å². The minimum Gasteiger partial charge on any atom is -0.756 e. The quantitative estimate of drug-likeness (QED) is 0.00840. The maximum atomic E-state index is 13.2. The number of rotatable bonds is 33. The molecule has 4 fully saturated rings. The van der Waals surface area contributed by atoms with E-state index in [9.17, 15) is 62.8 Å². The average Bonchev–Trinajstić information content (AvgIpc) is 1.61. The smallest absolute Gasteiger partial charge is 0.697 e. The summed E-state index contributed by atoms with van der Waals surface area (Å²) in [7, 11) is -9.16. The van der Waals surface area contributed by atoms with Crippen molar-refractivity contribution in [3.8, 4) is 17.6 Å². The first-order valence-corrected chi connectivity index (χ1v) is 74.7. The molecule has 4 aromatic heterocycles. The molecule has 4 saturated heterocycles. The van der Waals surface area contributed by atoms with E-state index in [1.54, 1.807) is 89.1 Å². The van der Waals surface area contributed by atoms with Crippen LogP contribution >= 0.6 is 31.7 Å². The number of hydrogen-bond donors (Lipinski definition) is 5. The lowest BCUT2D eigenvalue weighted by molar-refractivity contribution is -0.385. The van der Waals surface area contributed by atoms with Crippen molar-refractivity contribution in [1.82, 2.24) is 39.0 Å². The molecule has 6 aromatic rings. The Hall–Kier alpha value is -3.17. The number of imidazole rings is 2. The summed E-state index contributed by atoms with van der Waals surface area (Å²) >= 11 is 9.40. The molecule has 782 valence electrons. The van der Waals surface area contributed by atoms with E-state index in [4.69, 9.17) is 101 Å². The number of nitro benzene ring substituents is 2. The normalized spacial score (nSPS) is 24.2. The Morgan fingerprint density at radius 1 is 0.500 bits per heavy atom. The van der Waals surface area contributed by atoms with Crippen LogP contribution in [-0.2, 0) is 202 Å². The van der Waals surface area contributed by atoms with Gasteiger partial charge in [0.15, 0.2) is 68.1 Å². The van der Waals surface area contributed by atoms with Crippen molar-refractivity contribution in [3.63, 3.8) is 0 Å². The molecular formula is C76H129N11O30P4S13Si4. The number of aromatic nitrogens is 8. The number of benzene rings is 2. The SMILES string of the molecule is C.C.C.C[C@@H]1C(COP(=O)(O)OP(=O)(O)OCC2OC(Oc3ccc([N+](=O)[O-])cc3)[C@H](C)[C@@H]2O[Si](C)(C)C(C)(C)C)O[C@@H](n2cnc3c(=O)[nH]cnc32)[C@@H]1O[Si](C)(C)C(C)(C)C.C[C@H]1C(Oc2ccc([N+](=O)[O-])cc2)OC(COP(=O)([O-])O)[C@H]1O[Si](C)(C)C(C)(C)C.C[C@H]1[C@@H](O[Si](C)(C)C(C)(C)C)[C@H](n2cnc3c(=O)[nH]cnc32)O[C@@H]1CO[P+](=O)OCCC#N.S=S=S=S=S=S=S=S=S=S=S=S=S. The van der Waals surface area contributed by atoms with Gasteiger partial charge in [-0.25, -0.2) is 29.1 Å². The second-order valence-corrected chi connectivity index (χ2v) is 80.9. The van der Waals surface area contributed by atoms with Gasteiger partial charge < -0.3 is 80.2 Å². The number of non-ortho nitro benzene ring substituents is 2. The highest BCUT2D eigenvalue weighted by molar-refractivity contribution is 8.75. The monoisotopic (exact) mass is 2330 g/mol. The summed E-state index contributed by atoms with van der Waals surface area (Å²) in [6.07, 6.45) is -2.95. The van der Waals surface area contributed by atoms with Crippen LogP contribution in [0.5, 0.6) is 11.5 Å². The molecule has 4 aliphatic heterocycles. The van der Waals surface area contributed by atoms with Crippen LogP contribution in [-0.4, -0.2) is 191 Å². The highest BCUT2D eigenvalue weighted by Crippen LogP contribution is 2.61. The van der Waals surface area contributed by atoms with E-state index in [1.807, 2.05) is 67.6 Å². The van der Waals surface area contributed by atoms with Gasteiger partial charge in [-0.05, 0) is 96.8 Å². The maximum Gasteiger partial charge on any atom is 0.697 e. The number of nitriles is 1. The summed E-state index contributed by atoms with van der Waals surface area (Å²) in [6, 6.07) is 12.9. The minimum atomic E-state index is -5.30. The molecule has 0 aliphatic carbocycles. The molecule has 0 radical (unpaired) electrons. The Morgan fingerprint density at radius 3 is 1.14 bits per heavy atom. The van der Waals surface area contributed by atoms with E-state index in [1.165, 1.54) is 91.6 Å². The highest BCUT2D eigenvalue weighted by Gasteiger charge is 2.56. The van der Waals surface area contributed by atoms with E-state index in [0.29, 0.717) is 11.4 Å². The summed E-state index contributed by atoms with van der Waals surface area (Å²) in [5.74, 6) is -0.700. The maximum absolute atomic E-state index is 13.2. The molecule has 20 atom stereocenters. The van der Waals surface area contributed by atoms with Crippen molar-refractivity contribution in [1.29, 1.82) is 5.26 Å². The lowest BCUT2D eigenvalue weighted by Gasteiger charge is -2.40. The fourth-order valence-corrected chi connectivity index (χ4v) is 45.6. The van der Waals surface area contributed by atoms with Gasteiger partial charge in [0.2, 0.25) is 12.6 Å². The van der Waals surface area contributed by atoms with Crippen LogP contribution in [0.25, 0.3) is 22.3 Å². The first-order chi connectivity index (χ1) is 62.5. The number of ether oxygens (including phenoxy) is 6. The lowest BCUT2D eigenvalue weighted by atomic mass is 10.0.